The Bertz CT molecular complexity index is 584. The second-order valence-electron chi connectivity index (χ2n) is 4.10. The molecule has 1 heterocycles. The highest BCUT2D eigenvalue weighted by molar-refractivity contribution is 9.10. The molecule has 0 aliphatic rings. The van der Waals surface area contributed by atoms with Gasteiger partial charge in [0, 0.05) is 16.9 Å². The van der Waals surface area contributed by atoms with Gasteiger partial charge < -0.3 is 9.47 Å². The molecule has 0 unspecified atom stereocenters. The molecule has 104 valence electrons. The molecule has 0 bridgehead atoms. The van der Waals surface area contributed by atoms with Crippen LogP contribution in [0.4, 0.5) is 0 Å². The Balaban J connectivity index is 2.01. The fourth-order valence-electron chi connectivity index (χ4n) is 1.51. The van der Waals surface area contributed by atoms with Crippen molar-refractivity contribution in [2.75, 3.05) is 6.61 Å². The Hall–Kier alpha value is -1.88. The topological polar surface area (TPSA) is 48.4 Å². The number of rotatable bonds is 5. The van der Waals surface area contributed by atoms with E-state index in [1.807, 2.05) is 6.92 Å². The number of ether oxygens (including phenoxy) is 2. The van der Waals surface area contributed by atoms with E-state index in [2.05, 4.69) is 20.9 Å². The zero-order valence-electron chi connectivity index (χ0n) is 11.0. The van der Waals surface area contributed by atoms with E-state index in [0.717, 1.165) is 16.6 Å². The van der Waals surface area contributed by atoms with Gasteiger partial charge in [0.25, 0.3) is 0 Å². The van der Waals surface area contributed by atoms with Gasteiger partial charge in [-0.3, -0.25) is 4.98 Å². The van der Waals surface area contributed by atoms with Crippen LogP contribution in [-0.4, -0.2) is 17.6 Å². The predicted octanol–water partition coefficient (Wildman–Crippen LogP) is 3.85. The highest BCUT2D eigenvalue weighted by Crippen LogP contribution is 2.19. The van der Waals surface area contributed by atoms with Crippen LogP contribution in [0.15, 0.2) is 47.2 Å². The minimum atomic E-state index is -0.443. The second-order valence-corrected chi connectivity index (χ2v) is 5.02. The molecule has 0 fully saturated rings. The lowest BCUT2D eigenvalue weighted by Gasteiger charge is -2.07. The molecule has 0 spiro atoms. The van der Waals surface area contributed by atoms with Gasteiger partial charge in [0.2, 0.25) is 0 Å². The first-order valence-electron chi connectivity index (χ1n) is 6.24. The summed E-state index contributed by atoms with van der Waals surface area (Å²) in [6.07, 6.45) is 4.02. The number of halogens is 1. The second kappa shape index (κ2) is 7.05. The van der Waals surface area contributed by atoms with Gasteiger partial charge in [0.15, 0.2) is 0 Å². The third-order valence-corrected chi connectivity index (χ3v) is 2.88. The standard InChI is InChI=1S/C15H14BrNO3/c1-2-7-19-13-3-5-14(6-4-13)20-15(18)11-8-12(16)10-17-9-11/h3-6,8-10H,2,7H2,1H3. The van der Waals surface area contributed by atoms with E-state index in [4.69, 9.17) is 9.47 Å². The molecule has 5 heteroatoms. The van der Waals surface area contributed by atoms with Crippen molar-refractivity contribution in [1.29, 1.82) is 0 Å². The monoisotopic (exact) mass is 335 g/mol. The highest BCUT2D eigenvalue weighted by Gasteiger charge is 2.09. The van der Waals surface area contributed by atoms with Gasteiger partial charge in [0.05, 0.1) is 12.2 Å². The van der Waals surface area contributed by atoms with E-state index in [-0.39, 0.29) is 0 Å². The van der Waals surface area contributed by atoms with Crippen LogP contribution < -0.4 is 9.47 Å². The SMILES string of the molecule is CCCOc1ccc(OC(=O)c2cncc(Br)c2)cc1. The molecule has 0 aliphatic carbocycles. The normalized spacial score (nSPS) is 10.1. The quantitative estimate of drug-likeness (QED) is 0.615. The van der Waals surface area contributed by atoms with Gasteiger partial charge in [-0.15, -0.1) is 0 Å². The molecule has 0 aliphatic heterocycles. The summed E-state index contributed by atoms with van der Waals surface area (Å²) in [6, 6.07) is 8.62. The highest BCUT2D eigenvalue weighted by atomic mass is 79.9. The van der Waals surface area contributed by atoms with Crippen molar-refractivity contribution >= 4 is 21.9 Å². The van der Waals surface area contributed by atoms with Gasteiger partial charge in [-0.25, -0.2) is 4.79 Å². The van der Waals surface area contributed by atoms with Crippen LogP contribution in [0.2, 0.25) is 0 Å². The summed E-state index contributed by atoms with van der Waals surface area (Å²) in [5.41, 5.74) is 0.394. The Labute approximate surface area is 125 Å². The molecule has 1 aromatic heterocycles. The predicted molar refractivity (Wildman–Crippen MR) is 79.1 cm³/mol. The summed E-state index contributed by atoms with van der Waals surface area (Å²) in [4.78, 5) is 15.8. The summed E-state index contributed by atoms with van der Waals surface area (Å²) < 4.78 is 11.5. The van der Waals surface area contributed by atoms with Gasteiger partial charge in [0.1, 0.15) is 11.5 Å². The number of aromatic nitrogens is 1. The Morgan fingerprint density at radius 2 is 1.90 bits per heavy atom. The van der Waals surface area contributed by atoms with Crippen molar-refractivity contribution in [1.82, 2.24) is 4.98 Å². The lowest BCUT2D eigenvalue weighted by atomic mass is 10.3. The van der Waals surface area contributed by atoms with E-state index in [0.29, 0.717) is 17.9 Å². The lowest BCUT2D eigenvalue weighted by molar-refractivity contribution is 0.0734. The fraction of sp³-hybridized carbons (Fsp3) is 0.200. The third kappa shape index (κ3) is 4.06. The van der Waals surface area contributed by atoms with Crippen molar-refractivity contribution in [3.05, 3.63) is 52.8 Å². The molecule has 0 atom stereocenters. The number of hydrogen-bond acceptors (Lipinski definition) is 4. The summed E-state index contributed by atoms with van der Waals surface area (Å²) in [5, 5.41) is 0. The number of benzene rings is 1. The molecule has 20 heavy (non-hydrogen) atoms. The van der Waals surface area contributed by atoms with E-state index < -0.39 is 5.97 Å². The summed E-state index contributed by atoms with van der Waals surface area (Å²) in [6.45, 7) is 2.71. The van der Waals surface area contributed by atoms with E-state index in [1.54, 1.807) is 36.5 Å². The smallest absolute Gasteiger partial charge is 0.345 e. The summed E-state index contributed by atoms with van der Waals surface area (Å²) in [5.74, 6) is 0.788. The Morgan fingerprint density at radius 3 is 2.55 bits per heavy atom. The largest absolute Gasteiger partial charge is 0.494 e. The van der Waals surface area contributed by atoms with Gasteiger partial charge in [-0.1, -0.05) is 6.92 Å². The Kier molecular flexibility index (Phi) is 5.12. The van der Waals surface area contributed by atoms with Crippen molar-refractivity contribution < 1.29 is 14.3 Å². The zero-order chi connectivity index (χ0) is 14.4. The maximum absolute atomic E-state index is 11.9. The molecule has 0 saturated heterocycles. The van der Waals surface area contributed by atoms with E-state index in [9.17, 15) is 4.79 Å². The molecule has 2 aromatic rings. The maximum Gasteiger partial charge on any atom is 0.345 e. The first kappa shape index (κ1) is 14.5. The van der Waals surface area contributed by atoms with Crippen molar-refractivity contribution in [2.24, 2.45) is 0 Å². The number of carbonyl (C=O) groups is 1. The van der Waals surface area contributed by atoms with Gasteiger partial charge >= 0.3 is 5.97 Å². The number of carbonyl (C=O) groups excluding carboxylic acids is 1. The summed E-state index contributed by atoms with van der Waals surface area (Å²) >= 11 is 3.26. The van der Waals surface area contributed by atoms with Crippen molar-refractivity contribution in [3.63, 3.8) is 0 Å². The van der Waals surface area contributed by atoms with Crippen molar-refractivity contribution in [3.8, 4) is 11.5 Å². The average Bonchev–Trinajstić information content (AvgIpc) is 2.46. The van der Waals surface area contributed by atoms with Gasteiger partial charge in [-0.05, 0) is 52.7 Å². The number of hydrogen-bond donors (Lipinski definition) is 0. The lowest BCUT2D eigenvalue weighted by Crippen LogP contribution is -2.08. The minimum absolute atomic E-state index is 0.394. The minimum Gasteiger partial charge on any atom is -0.494 e. The molecule has 4 nitrogen and oxygen atoms in total. The van der Waals surface area contributed by atoms with Crippen LogP contribution in [0.5, 0.6) is 11.5 Å². The van der Waals surface area contributed by atoms with E-state index >= 15 is 0 Å². The first-order valence-corrected chi connectivity index (χ1v) is 7.04. The molecule has 0 amide bonds. The van der Waals surface area contributed by atoms with Gasteiger partial charge in [-0.2, -0.15) is 0 Å². The van der Waals surface area contributed by atoms with E-state index in [1.165, 1.54) is 6.20 Å². The zero-order valence-corrected chi connectivity index (χ0v) is 12.6. The van der Waals surface area contributed by atoms with Crippen molar-refractivity contribution in [2.45, 2.75) is 13.3 Å². The number of nitrogens with zero attached hydrogens (tertiary/aromatic N) is 1. The summed E-state index contributed by atoms with van der Waals surface area (Å²) in [7, 11) is 0. The van der Waals surface area contributed by atoms with Crippen LogP contribution in [0.25, 0.3) is 0 Å². The molecular weight excluding hydrogens is 322 g/mol. The van der Waals surface area contributed by atoms with Crippen LogP contribution >= 0.6 is 15.9 Å². The van der Waals surface area contributed by atoms with Crippen LogP contribution in [0.3, 0.4) is 0 Å². The fourth-order valence-corrected chi connectivity index (χ4v) is 1.88. The number of pyridine rings is 1. The van der Waals surface area contributed by atoms with Crippen LogP contribution in [0, 0.1) is 0 Å². The maximum atomic E-state index is 11.9. The van der Waals surface area contributed by atoms with Crippen LogP contribution in [-0.2, 0) is 0 Å². The number of esters is 1. The molecule has 2 rings (SSSR count). The first-order chi connectivity index (χ1) is 9.69. The van der Waals surface area contributed by atoms with Crippen LogP contribution in [0.1, 0.15) is 23.7 Å². The Morgan fingerprint density at radius 1 is 1.20 bits per heavy atom. The molecule has 0 N–H and O–H groups in total. The molecule has 1 aromatic carbocycles. The molecular formula is C15H14BrNO3. The average molecular weight is 336 g/mol. The molecule has 0 saturated carbocycles. The third-order valence-electron chi connectivity index (χ3n) is 2.45. The molecule has 0 radical (unpaired) electrons.